The van der Waals surface area contributed by atoms with Gasteiger partial charge in [-0.1, -0.05) is 6.07 Å². The van der Waals surface area contributed by atoms with Gasteiger partial charge in [0.2, 0.25) is 5.91 Å². The fourth-order valence-electron chi connectivity index (χ4n) is 4.49. The molecule has 0 aromatic heterocycles. The molecule has 2 aliphatic heterocycles. The van der Waals surface area contributed by atoms with Gasteiger partial charge in [0.05, 0.1) is 5.60 Å². The minimum atomic E-state index is -0.923. The van der Waals surface area contributed by atoms with Crippen LogP contribution < -0.4 is 0 Å². The molecule has 1 saturated carbocycles. The SMILES string of the molecule is N#CC(=N)/C=C\C(=N)N1C2CCC1CN(C(=O)COC1(c3ccc(F)c(F)c3)CC1)C2. The Hall–Kier alpha value is -3.12. The van der Waals surface area contributed by atoms with E-state index < -0.39 is 17.2 Å². The average Bonchev–Trinajstić information content (AvgIpc) is 3.51. The molecule has 4 rings (SSSR count). The highest BCUT2D eigenvalue weighted by molar-refractivity contribution is 6.08. The standard InChI is InChI=1S/C22H23F2N5O2/c23-18-5-1-14(9-19(18)24)22(7-8-22)31-13-21(30)28-11-16-3-4-17(12-28)29(16)20(27)6-2-15(26)10-25/h1-2,5-6,9,16-17,26-27H,3-4,7-8,11-13H2/b6-2-,26-15?,27-20?. The van der Waals surface area contributed by atoms with Crippen LogP contribution in [0.5, 0.6) is 0 Å². The smallest absolute Gasteiger partial charge is 0.248 e. The largest absolute Gasteiger partial charge is 0.360 e. The van der Waals surface area contributed by atoms with E-state index in [0.717, 1.165) is 25.0 Å². The Bertz CT molecular complexity index is 984. The van der Waals surface area contributed by atoms with Crippen LogP contribution in [0.25, 0.3) is 0 Å². The number of likely N-dealkylation sites (tertiary alicyclic amines) is 1. The monoisotopic (exact) mass is 427 g/mol. The van der Waals surface area contributed by atoms with Gasteiger partial charge < -0.3 is 14.5 Å². The minimum absolute atomic E-state index is 0.0113. The van der Waals surface area contributed by atoms with Gasteiger partial charge in [0, 0.05) is 25.2 Å². The van der Waals surface area contributed by atoms with Gasteiger partial charge in [-0.25, -0.2) is 8.78 Å². The number of amides is 1. The maximum atomic E-state index is 13.6. The molecule has 31 heavy (non-hydrogen) atoms. The quantitative estimate of drug-likeness (QED) is 0.538. The number of ether oxygens (including phenoxy) is 1. The summed E-state index contributed by atoms with van der Waals surface area (Å²) >= 11 is 0. The summed E-state index contributed by atoms with van der Waals surface area (Å²) in [6.07, 6.45) is 5.80. The number of halogens is 2. The lowest BCUT2D eigenvalue weighted by Gasteiger charge is -2.42. The second-order valence-corrected chi connectivity index (χ2v) is 8.25. The van der Waals surface area contributed by atoms with Crippen molar-refractivity contribution in [2.45, 2.75) is 43.4 Å². The second-order valence-electron chi connectivity index (χ2n) is 8.25. The molecule has 1 amide bonds. The number of nitrogens with zero attached hydrogens (tertiary/aromatic N) is 3. The van der Waals surface area contributed by atoms with Gasteiger partial charge in [-0.2, -0.15) is 5.26 Å². The maximum absolute atomic E-state index is 13.6. The average molecular weight is 427 g/mol. The first kappa shape index (κ1) is 21.1. The van der Waals surface area contributed by atoms with Gasteiger partial charge in [-0.05, 0) is 55.5 Å². The summed E-state index contributed by atoms with van der Waals surface area (Å²) < 4.78 is 32.7. The predicted octanol–water partition coefficient (Wildman–Crippen LogP) is 2.72. The van der Waals surface area contributed by atoms with Gasteiger partial charge in [0.1, 0.15) is 24.2 Å². The Morgan fingerprint density at radius 1 is 1.19 bits per heavy atom. The third-order valence-electron chi connectivity index (χ3n) is 6.26. The van der Waals surface area contributed by atoms with Gasteiger partial charge in [0.25, 0.3) is 0 Å². The number of hydrogen-bond donors (Lipinski definition) is 2. The fraction of sp³-hybridized carbons (Fsp3) is 0.455. The van der Waals surface area contributed by atoms with Crippen molar-refractivity contribution in [3.8, 4) is 6.07 Å². The molecule has 162 valence electrons. The fourth-order valence-corrected chi connectivity index (χ4v) is 4.49. The van der Waals surface area contributed by atoms with E-state index in [0.29, 0.717) is 31.5 Å². The summed E-state index contributed by atoms with van der Waals surface area (Å²) in [5.74, 6) is -1.74. The Balaban J connectivity index is 1.35. The number of hydrogen-bond acceptors (Lipinski definition) is 5. The summed E-state index contributed by atoms with van der Waals surface area (Å²) in [5, 5.41) is 24.3. The lowest BCUT2D eigenvalue weighted by atomic mass is 10.1. The van der Waals surface area contributed by atoms with Gasteiger partial charge in [0.15, 0.2) is 11.6 Å². The number of rotatable bonds is 6. The van der Waals surface area contributed by atoms with Crippen LogP contribution in [0, 0.1) is 33.8 Å². The molecular weight excluding hydrogens is 404 g/mol. The van der Waals surface area contributed by atoms with Crippen molar-refractivity contribution in [3.63, 3.8) is 0 Å². The third kappa shape index (κ3) is 4.21. The van der Waals surface area contributed by atoms with E-state index in [1.807, 2.05) is 4.90 Å². The molecule has 3 aliphatic rings. The first-order valence-corrected chi connectivity index (χ1v) is 10.2. The highest BCUT2D eigenvalue weighted by Gasteiger charge is 2.47. The number of nitrogens with one attached hydrogen (secondary N) is 2. The molecule has 1 aromatic rings. The van der Waals surface area contributed by atoms with Crippen LogP contribution in [0.4, 0.5) is 8.78 Å². The number of piperazine rings is 1. The number of allylic oxidation sites excluding steroid dienone is 1. The Morgan fingerprint density at radius 3 is 2.45 bits per heavy atom. The first-order valence-electron chi connectivity index (χ1n) is 10.2. The zero-order valence-corrected chi connectivity index (χ0v) is 16.9. The topological polar surface area (TPSA) is 104 Å². The predicted molar refractivity (Wildman–Crippen MR) is 109 cm³/mol. The van der Waals surface area contributed by atoms with Gasteiger partial charge in [-0.3, -0.25) is 15.6 Å². The molecule has 0 spiro atoms. The van der Waals surface area contributed by atoms with Crippen molar-refractivity contribution in [2.24, 2.45) is 0 Å². The molecule has 2 atom stereocenters. The lowest BCUT2D eigenvalue weighted by molar-refractivity contribution is -0.142. The molecule has 1 aromatic carbocycles. The van der Waals surface area contributed by atoms with Crippen molar-refractivity contribution < 1.29 is 18.3 Å². The van der Waals surface area contributed by atoms with Crippen LogP contribution in [0.3, 0.4) is 0 Å². The van der Waals surface area contributed by atoms with E-state index in [-0.39, 0.29) is 36.1 Å². The number of carbonyl (C=O) groups excluding carboxylic acids is 1. The summed E-state index contributed by atoms with van der Waals surface area (Å²) in [6.45, 7) is 0.820. The second kappa shape index (κ2) is 8.19. The Labute approximate surface area is 178 Å². The van der Waals surface area contributed by atoms with Crippen molar-refractivity contribution >= 4 is 17.5 Å². The highest BCUT2D eigenvalue weighted by atomic mass is 19.2. The van der Waals surface area contributed by atoms with Crippen LogP contribution in [0.15, 0.2) is 30.4 Å². The molecule has 2 saturated heterocycles. The molecule has 3 fully saturated rings. The van der Waals surface area contributed by atoms with E-state index >= 15 is 0 Å². The summed E-state index contributed by atoms with van der Waals surface area (Å²) in [7, 11) is 0. The number of fused-ring (bicyclic) bond motifs is 2. The van der Waals surface area contributed by atoms with Crippen molar-refractivity contribution in [1.82, 2.24) is 9.80 Å². The Kier molecular flexibility index (Phi) is 5.58. The molecule has 7 nitrogen and oxygen atoms in total. The van der Waals surface area contributed by atoms with Crippen LogP contribution >= 0.6 is 0 Å². The van der Waals surface area contributed by atoms with Crippen LogP contribution in [0.2, 0.25) is 0 Å². The zero-order chi connectivity index (χ0) is 22.2. The highest BCUT2D eigenvalue weighted by Crippen LogP contribution is 2.49. The molecule has 2 N–H and O–H groups in total. The van der Waals surface area contributed by atoms with Crippen LogP contribution in [0.1, 0.15) is 31.2 Å². The third-order valence-corrected chi connectivity index (χ3v) is 6.26. The van der Waals surface area contributed by atoms with Crippen LogP contribution in [-0.2, 0) is 15.1 Å². The maximum Gasteiger partial charge on any atom is 0.248 e. The van der Waals surface area contributed by atoms with Crippen molar-refractivity contribution in [3.05, 3.63) is 47.5 Å². The molecule has 0 radical (unpaired) electrons. The summed E-state index contributed by atoms with van der Waals surface area (Å²) in [5.41, 5.74) is -0.381. The first-order chi connectivity index (χ1) is 14.8. The molecular formula is C22H23F2N5O2. The lowest BCUT2D eigenvalue weighted by Crippen LogP contribution is -2.57. The Morgan fingerprint density at radius 2 is 1.87 bits per heavy atom. The molecule has 2 bridgehead atoms. The van der Waals surface area contributed by atoms with Crippen molar-refractivity contribution in [1.29, 1.82) is 16.1 Å². The van der Waals surface area contributed by atoms with Gasteiger partial charge in [-0.15, -0.1) is 0 Å². The van der Waals surface area contributed by atoms with Crippen LogP contribution in [-0.4, -0.2) is 59.0 Å². The summed E-state index contributed by atoms with van der Waals surface area (Å²) in [6, 6.07) is 5.44. The number of amidine groups is 1. The molecule has 2 unspecified atom stereocenters. The number of carbonyl (C=O) groups is 1. The van der Waals surface area contributed by atoms with E-state index in [4.69, 9.17) is 20.8 Å². The van der Waals surface area contributed by atoms with Crippen molar-refractivity contribution in [2.75, 3.05) is 19.7 Å². The molecule has 2 heterocycles. The van der Waals surface area contributed by atoms with Gasteiger partial charge >= 0.3 is 0 Å². The zero-order valence-electron chi connectivity index (χ0n) is 16.9. The number of nitriles is 1. The normalized spacial score (nSPS) is 23.6. The van der Waals surface area contributed by atoms with E-state index in [9.17, 15) is 13.6 Å². The van der Waals surface area contributed by atoms with E-state index in [2.05, 4.69) is 0 Å². The molecule has 1 aliphatic carbocycles. The number of benzene rings is 1. The van der Waals surface area contributed by atoms with E-state index in [1.165, 1.54) is 18.2 Å². The summed E-state index contributed by atoms with van der Waals surface area (Å²) in [4.78, 5) is 16.5. The van der Waals surface area contributed by atoms with E-state index in [1.54, 1.807) is 11.0 Å². The minimum Gasteiger partial charge on any atom is -0.360 e. The molecule has 9 heteroatoms.